The van der Waals surface area contributed by atoms with E-state index in [2.05, 4.69) is 53.5 Å². The summed E-state index contributed by atoms with van der Waals surface area (Å²) in [4.78, 5) is 4.44. The molecule has 0 fully saturated rings. The molecule has 0 amide bonds. The minimum atomic E-state index is 0.469. The number of aryl methyl sites for hydroxylation is 1. The smallest absolute Gasteiger partial charge is 0.138 e. The molecule has 1 atom stereocenters. The molecule has 1 aliphatic rings. The van der Waals surface area contributed by atoms with Crippen molar-refractivity contribution in [3.05, 3.63) is 47.5 Å². The van der Waals surface area contributed by atoms with E-state index in [-0.39, 0.29) is 0 Å². The van der Waals surface area contributed by atoms with Gasteiger partial charge in [0.25, 0.3) is 0 Å². The summed E-state index contributed by atoms with van der Waals surface area (Å²) in [6.45, 7) is 6.18. The third-order valence-corrected chi connectivity index (χ3v) is 4.52. The molecule has 1 aliphatic carbocycles. The van der Waals surface area contributed by atoms with Gasteiger partial charge in [0.2, 0.25) is 0 Å². The van der Waals surface area contributed by atoms with Crippen molar-refractivity contribution in [3.63, 3.8) is 0 Å². The molecule has 112 valence electrons. The Kier molecular flexibility index (Phi) is 4.34. The third kappa shape index (κ3) is 3.00. The maximum absolute atomic E-state index is 4.44. The number of aromatic nitrogens is 3. The monoisotopic (exact) mass is 284 g/mol. The minimum absolute atomic E-state index is 0.469. The predicted molar refractivity (Wildman–Crippen MR) is 84.2 cm³/mol. The van der Waals surface area contributed by atoms with Gasteiger partial charge in [0, 0.05) is 19.0 Å². The van der Waals surface area contributed by atoms with Crippen LogP contribution in [0.5, 0.6) is 0 Å². The fourth-order valence-electron chi connectivity index (χ4n) is 3.45. The number of benzene rings is 1. The molecule has 21 heavy (non-hydrogen) atoms. The largest absolute Gasteiger partial charge is 0.314 e. The Balaban J connectivity index is 1.74. The van der Waals surface area contributed by atoms with E-state index in [0.29, 0.717) is 12.0 Å². The number of hydrogen-bond acceptors (Lipinski definition) is 3. The van der Waals surface area contributed by atoms with Crippen molar-refractivity contribution in [3.8, 4) is 0 Å². The molecule has 4 heteroatoms. The van der Waals surface area contributed by atoms with E-state index >= 15 is 0 Å². The summed E-state index contributed by atoms with van der Waals surface area (Å²) < 4.78 is 2.01. The quantitative estimate of drug-likeness (QED) is 0.884. The molecule has 1 aromatic carbocycles. The van der Waals surface area contributed by atoms with Crippen LogP contribution in [-0.2, 0) is 25.8 Å². The van der Waals surface area contributed by atoms with Crippen molar-refractivity contribution in [1.82, 2.24) is 20.1 Å². The SMILES string of the molecule is CCNC(Cc1ncnn1CC)C1Cc2ccccc2C1. The summed E-state index contributed by atoms with van der Waals surface area (Å²) in [6, 6.07) is 9.31. The molecule has 0 bridgehead atoms. The topological polar surface area (TPSA) is 42.7 Å². The fraction of sp³-hybridized carbons (Fsp3) is 0.529. The molecule has 0 radical (unpaired) electrons. The first-order chi connectivity index (χ1) is 10.3. The Morgan fingerprint density at radius 2 is 1.95 bits per heavy atom. The lowest BCUT2D eigenvalue weighted by molar-refractivity contribution is 0.357. The number of rotatable bonds is 6. The molecule has 1 unspecified atom stereocenters. The maximum Gasteiger partial charge on any atom is 0.138 e. The van der Waals surface area contributed by atoms with Gasteiger partial charge in [0.1, 0.15) is 12.2 Å². The van der Waals surface area contributed by atoms with E-state index in [4.69, 9.17) is 0 Å². The number of nitrogens with one attached hydrogen (secondary N) is 1. The lowest BCUT2D eigenvalue weighted by atomic mass is 9.93. The molecule has 2 aromatic rings. The van der Waals surface area contributed by atoms with Crippen LogP contribution in [0, 0.1) is 5.92 Å². The van der Waals surface area contributed by atoms with Crippen molar-refractivity contribution in [2.45, 2.75) is 45.7 Å². The molecule has 3 rings (SSSR count). The van der Waals surface area contributed by atoms with Gasteiger partial charge in [-0.05, 0) is 43.4 Å². The first-order valence-corrected chi connectivity index (χ1v) is 7.98. The number of hydrogen-bond donors (Lipinski definition) is 1. The van der Waals surface area contributed by atoms with Gasteiger partial charge in [-0.2, -0.15) is 5.10 Å². The first-order valence-electron chi connectivity index (χ1n) is 7.98. The molecule has 1 aromatic heterocycles. The summed E-state index contributed by atoms with van der Waals surface area (Å²) in [6.07, 6.45) is 4.98. The summed E-state index contributed by atoms with van der Waals surface area (Å²) in [5, 5.41) is 7.96. The van der Waals surface area contributed by atoms with Crippen LogP contribution in [-0.4, -0.2) is 27.4 Å². The molecule has 0 aliphatic heterocycles. The summed E-state index contributed by atoms with van der Waals surface area (Å²) in [7, 11) is 0. The van der Waals surface area contributed by atoms with Gasteiger partial charge in [-0.3, -0.25) is 4.68 Å². The second-order valence-corrected chi connectivity index (χ2v) is 5.80. The van der Waals surface area contributed by atoms with Crippen molar-refractivity contribution in [2.75, 3.05) is 6.54 Å². The highest BCUT2D eigenvalue weighted by atomic mass is 15.3. The van der Waals surface area contributed by atoms with Gasteiger partial charge in [0.15, 0.2) is 0 Å². The van der Waals surface area contributed by atoms with E-state index in [1.165, 1.54) is 24.0 Å². The lowest BCUT2D eigenvalue weighted by Gasteiger charge is -2.24. The number of likely N-dealkylation sites (N-methyl/N-ethyl adjacent to an activating group) is 1. The van der Waals surface area contributed by atoms with Crippen LogP contribution in [0.2, 0.25) is 0 Å². The molecule has 1 heterocycles. The van der Waals surface area contributed by atoms with Crippen molar-refractivity contribution >= 4 is 0 Å². The summed E-state index contributed by atoms with van der Waals surface area (Å²) in [5.74, 6) is 1.75. The zero-order chi connectivity index (χ0) is 14.7. The number of fused-ring (bicyclic) bond motifs is 1. The first kappa shape index (κ1) is 14.3. The maximum atomic E-state index is 4.44. The van der Waals surface area contributed by atoms with Gasteiger partial charge in [-0.15, -0.1) is 0 Å². The molecule has 4 nitrogen and oxygen atoms in total. The van der Waals surface area contributed by atoms with Crippen LogP contribution < -0.4 is 5.32 Å². The third-order valence-electron chi connectivity index (χ3n) is 4.52. The molecular weight excluding hydrogens is 260 g/mol. The Morgan fingerprint density at radius 1 is 1.24 bits per heavy atom. The van der Waals surface area contributed by atoms with E-state index in [9.17, 15) is 0 Å². The zero-order valence-electron chi connectivity index (χ0n) is 12.9. The normalized spacial score (nSPS) is 16.1. The molecule has 0 saturated heterocycles. The second-order valence-electron chi connectivity index (χ2n) is 5.80. The molecule has 0 spiro atoms. The number of nitrogens with zero attached hydrogens (tertiary/aromatic N) is 3. The van der Waals surface area contributed by atoms with Crippen LogP contribution in [0.1, 0.15) is 30.8 Å². The Morgan fingerprint density at radius 3 is 2.57 bits per heavy atom. The Labute approximate surface area is 126 Å². The highest BCUT2D eigenvalue weighted by molar-refractivity contribution is 5.32. The average molecular weight is 284 g/mol. The van der Waals surface area contributed by atoms with E-state index in [0.717, 1.165) is 25.3 Å². The Bertz CT molecular complexity index is 565. The van der Waals surface area contributed by atoms with Gasteiger partial charge in [-0.1, -0.05) is 31.2 Å². The minimum Gasteiger partial charge on any atom is -0.314 e. The van der Waals surface area contributed by atoms with Crippen molar-refractivity contribution in [2.24, 2.45) is 5.92 Å². The van der Waals surface area contributed by atoms with E-state index < -0.39 is 0 Å². The van der Waals surface area contributed by atoms with Crippen LogP contribution in [0.25, 0.3) is 0 Å². The van der Waals surface area contributed by atoms with Gasteiger partial charge >= 0.3 is 0 Å². The Hall–Kier alpha value is -1.68. The standard InChI is InChI=1S/C17H24N4/c1-3-18-16(11-17-19-12-20-21(17)4-2)15-9-13-7-5-6-8-14(13)10-15/h5-8,12,15-16,18H,3-4,9-11H2,1-2H3. The highest BCUT2D eigenvalue weighted by Gasteiger charge is 2.29. The average Bonchev–Trinajstić information content (AvgIpc) is 3.12. The van der Waals surface area contributed by atoms with Gasteiger partial charge < -0.3 is 5.32 Å². The molecule has 0 saturated carbocycles. The van der Waals surface area contributed by atoms with Crippen molar-refractivity contribution < 1.29 is 0 Å². The predicted octanol–water partition coefficient (Wildman–Crippen LogP) is 2.23. The fourth-order valence-corrected chi connectivity index (χ4v) is 3.45. The summed E-state index contributed by atoms with van der Waals surface area (Å²) in [5.41, 5.74) is 3.03. The van der Waals surface area contributed by atoms with Crippen LogP contribution in [0.3, 0.4) is 0 Å². The lowest BCUT2D eigenvalue weighted by Crippen LogP contribution is -2.39. The van der Waals surface area contributed by atoms with Crippen LogP contribution in [0.15, 0.2) is 30.6 Å². The van der Waals surface area contributed by atoms with Gasteiger partial charge in [-0.25, -0.2) is 4.98 Å². The second kappa shape index (κ2) is 6.39. The zero-order valence-corrected chi connectivity index (χ0v) is 12.9. The molecular formula is C17H24N4. The molecule has 1 N–H and O–H groups in total. The summed E-state index contributed by atoms with van der Waals surface area (Å²) >= 11 is 0. The van der Waals surface area contributed by atoms with E-state index in [1.807, 2.05) is 4.68 Å². The van der Waals surface area contributed by atoms with Crippen LogP contribution >= 0.6 is 0 Å². The van der Waals surface area contributed by atoms with Crippen LogP contribution in [0.4, 0.5) is 0 Å². The van der Waals surface area contributed by atoms with E-state index in [1.54, 1.807) is 6.33 Å². The highest BCUT2D eigenvalue weighted by Crippen LogP contribution is 2.29. The van der Waals surface area contributed by atoms with Crippen molar-refractivity contribution in [1.29, 1.82) is 0 Å². The van der Waals surface area contributed by atoms with Gasteiger partial charge in [0.05, 0.1) is 0 Å².